The second-order valence-electron chi connectivity index (χ2n) is 6.90. The average Bonchev–Trinajstić information content (AvgIpc) is 2.64. The maximum atomic E-state index is 12.4. The van der Waals surface area contributed by atoms with E-state index < -0.39 is 0 Å². The summed E-state index contributed by atoms with van der Waals surface area (Å²) in [6.07, 6.45) is 13.6. The van der Waals surface area contributed by atoms with Crippen LogP contribution in [0.15, 0.2) is 12.4 Å². The zero-order valence-electron chi connectivity index (χ0n) is 14.1. The van der Waals surface area contributed by atoms with Gasteiger partial charge in [-0.25, -0.2) is 9.97 Å². The Kier molecular flexibility index (Phi) is 5.77. The molecule has 1 aromatic rings. The van der Waals surface area contributed by atoms with Gasteiger partial charge in [0.25, 0.3) is 0 Å². The van der Waals surface area contributed by atoms with Gasteiger partial charge in [-0.05, 0) is 25.7 Å². The summed E-state index contributed by atoms with van der Waals surface area (Å²) < 4.78 is 0. The van der Waals surface area contributed by atoms with Gasteiger partial charge in [0.2, 0.25) is 11.8 Å². The Labute approximate surface area is 142 Å². The molecule has 6 nitrogen and oxygen atoms in total. The van der Waals surface area contributed by atoms with Crippen molar-refractivity contribution in [3.63, 3.8) is 0 Å². The lowest BCUT2D eigenvalue weighted by molar-refractivity contribution is -0.121. The smallest absolute Gasteiger partial charge is 0.228 e. The van der Waals surface area contributed by atoms with E-state index in [1.807, 2.05) is 0 Å². The number of nitrogens with zero attached hydrogens (tertiary/aromatic N) is 2. The summed E-state index contributed by atoms with van der Waals surface area (Å²) in [4.78, 5) is 33.2. The molecule has 2 aliphatic carbocycles. The molecule has 2 saturated carbocycles. The number of amides is 2. The lowest BCUT2D eigenvalue weighted by Crippen LogP contribution is -2.28. The van der Waals surface area contributed by atoms with Gasteiger partial charge in [0, 0.05) is 24.2 Å². The normalized spacial score (nSPS) is 19.7. The quantitative estimate of drug-likeness (QED) is 0.885. The van der Waals surface area contributed by atoms with Gasteiger partial charge >= 0.3 is 0 Å². The van der Waals surface area contributed by atoms with Gasteiger partial charge in [-0.2, -0.15) is 0 Å². The van der Waals surface area contributed by atoms with Gasteiger partial charge < -0.3 is 10.6 Å². The van der Waals surface area contributed by atoms with Crippen molar-refractivity contribution in [2.24, 2.45) is 11.8 Å². The third kappa shape index (κ3) is 4.30. The van der Waals surface area contributed by atoms with E-state index in [9.17, 15) is 9.59 Å². The van der Waals surface area contributed by atoms with Crippen molar-refractivity contribution in [3.8, 4) is 0 Å². The molecule has 0 saturated heterocycles. The van der Waals surface area contributed by atoms with Crippen LogP contribution in [0.2, 0.25) is 0 Å². The molecular formula is C18H26N4O2. The van der Waals surface area contributed by atoms with E-state index in [0.717, 1.165) is 51.4 Å². The topological polar surface area (TPSA) is 84.0 Å². The fraction of sp³-hybridized carbons (Fsp3) is 0.667. The molecule has 0 radical (unpaired) electrons. The van der Waals surface area contributed by atoms with Crippen LogP contribution >= 0.6 is 0 Å². The van der Waals surface area contributed by atoms with Gasteiger partial charge in [-0.1, -0.05) is 38.5 Å². The third-order valence-electron chi connectivity index (χ3n) is 5.13. The van der Waals surface area contributed by atoms with Crippen molar-refractivity contribution >= 4 is 23.5 Å². The van der Waals surface area contributed by atoms with Crippen molar-refractivity contribution in [1.82, 2.24) is 9.97 Å². The van der Waals surface area contributed by atoms with Gasteiger partial charge in [0.15, 0.2) is 11.6 Å². The van der Waals surface area contributed by atoms with Gasteiger partial charge in [0.05, 0.1) is 0 Å². The highest BCUT2D eigenvalue weighted by Gasteiger charge is 2.25. The van der Waals surface area contributed by atoms with Crippen LogP contribution in [0.5, 0.6) is 0 Å². The van der Waals surface area contributed by atoms with Crippen LogP contribution in [-0.2, 0) is 9.59 Å². The number of hydrogen-bond acceptors (Lipinski definition) is 4. The van der Waals surface area contributed by atoms with E-state index in [0.29, 0.717) is 11.6 Å². The molecule has 3 rings (SSSR count). The molecule has 0 aromatic carbocycles. The Morgan fingerprint density at radius 1 is 0.708 bits per heavy atom. The second kappa shape index (κ2) is 8.22. The number of rotatable bonds is 4. The van der Waals surface area contributed by atoms with E-state index in [1.165, 1.54) is 25.2 Å². The van der Waals surface area contributed by atoms with Crippen LogP contribution in [0.3, 0.4) is 0 Å². The first-order valence-electron chi connectivity index (χ1n) is 9.17. The summed E-state index contributed by atoms with van der Waals surface area (Å²) in [5.74, 6) is 0.784. The molecule has 1 heterocycles. The Morgan fingerprint density at radius 2 is 1.08 bits per heavy atom. The average molecular weight is 330 g/mol. The predicted molar refractivity (Wildman–Crippen MR) is 92.4 cm³/mol. The Morgan fingerprint density at radius 3 is 1.46 bits per heavy atom. The fourth-order valence-electron chi connectivity index (χ4n) is 3.69. The minimum absolute atomic E-state index is 0.0108. The van der Waals surface area contributed by atoms with Gasteiger partial charge in [-0.3, -0.25) is 9.59 Å². The number of aromatic nitrogens is 2. The van der Waals surface area contributed by atoms with Crippen molar-refractivity contribution in [2.75, 3.05) is 10.6 Å². The van der Waals surface area contributed by atoms with E-state index in [1.54, 1.807) is 0 Å². The maximum Gasteiger partial charge on any atom is 0.228 e. The maximum absolute atomic E-state index is 12.4. The summed E-state index contributed by atoms with van der Waals surface area (Å²) in [5, 5.41) is 5.72. The lowest BCUT2D eigenvalue weighted by Gasteiger charge is -2.22. The Hall–Kier alpha value is -1.98. The number of anilines is 2. The van der Waals surface area contributed by atoms with Crippen LogP contribution in [0.25, 0.3) is 0 Å². The number of nitrogens with one attached hydrogen (secondary N) is 2. The molecule has 0 spiro atoms. The highest BCUT2D eigenvalue weighted by molar-refractivity contribution is 5.98. The molecular weight excluding hydrogens is 304 g/mol. The molecule has 2 N–H and O–H groups in total. The van der Waals surface area contributed by atoms with Crippen LogP contribution in [0.4, 0.5) is 11.6 Å². The SMILES string of the molecule is O=C(Nc1nccnc1NC(=O)C1CCCCC1)C1CCCCC1. The van der Waals surface area contributed by atoms with E-state index in [2.05, 4.69) is 20.6 Å². The highest BCUT2D eigenvalue weighted by Crippen LogP contribution is 2.27. The predicted octanol–water partition coefficient (Wildman–Crippen LogP) is 3.51. The number of hydrogen-bond donors (Lipinski definition) is 2. The number of carbonyl (C=O) groups excluding carboxylic acids is 2. The molecule has 0 aliphatic heterocycles. The molecule has 2 aliphatic rings. The molecule has 2 fully saturated rings. The van der Waals surface area contributed by atoms with E-state index >= 15 is 0 Å². The van der Waals surface area contributed by atoms with Crippen molar-refractivity contribution in [3.05, 3.63) is 12.4 Å². The minimum atomic E-state index is -0.0108. The Bertz CT molecular complexity index is 527. The highest BCUT2D eigenvalue weighted by atomic mass is 16.2. The standard InChI is InChI=1S/C18H26N4O2/c23-17(13-7-3-1-4-8-13)21-15-16(20-12-11-19-15)22-18(24)14-9-5-2-6-10-14/h11-14H,1-10H2,(H,19,21,23)(H,20,22,24). The van der Waals surface area contributed by atoms with Crippen LogP contribution in [-0.4, -0.2) is 21.8 Å². The first-order chi connectivity index (χ1) is 11.7. The molecule has 6 heteroatoms. The second-order valence-corrected chi connectivity index (χ2v) is 6.90. The molecule has 0 bridgehead atoms. The zero-order chi connectivity index (χ0) is 16.8. The molecule has 0 unspecified atom stereocenters. The number of carbonyl (C=O) groups is 2. The van der Waals surface area contributed by atoms with Crippen molar-refractivity contribution < 1.29 is 9.59 Å². The summed E-state index contributed by atoms with van der Waals surface area (Å²) in [6.45, 7) is 0. The summed E-state index contributed by atoms with van der Waals surface area (Å²) in [7, 11) is 0. The molecule has 2 amide bonds. The summed E-state index contributed by atoms with van der Waals surface area (Å²) >= 11 is 0. The first kappa shape index (κ1) is 16.9. The fourth-order valence-corrected chi connectivity index (χ4v) is 3.69. The summed E-state index contributed by atoms with van der Waals surface area (Å²) in [6, 6.07) is 0. The summed E-state index contributed by atoms with van der Waals surface area (Å²) in [5.41, 5.74) is 0. The first-order valence-corrected chi connectivity index (χ1v) is 9.17. The van der Waals surface area contributed by atoms with E-state index in [-0.39, 0.29) is 23.7 Å². The van der Waals surface area contributed by atoms with Gasteiger partial charge in [-0.15, -0.1) is 0 Å². The monoisotopic (exact) mass is 330 g/mol. The molecule has 1 aromatic heterocycles. The minimum Gasteiger partial charge on any atom is -0.307 e. The zero-order valence-corrected chi connectivity index (χ0v) is 14.1. The molecule has 0 atom stereocenters. The third-order valence-corrected chi connectivity index (χ3v) is 5.13. The van der Waals surface area contributed by atoms with Crippen molar-refractivity contribution in [1.29, 1.82) is 0 Å². The van der Waals surface area contributed by atoms with Crippen LogP contribution in [0.1, 0.15) is 64.2 Å². The Balaban J connectivity index is 1.63. The van der Waals surface area contributed by atoms with Crippen molar-refractivity contribution in [2.45, 2.75) is 64.2 Å². The van der Waals surface area contributed by atoms with Crippen LogP contribution < -0.4 is 10.6 Å². The lowest BCUT2D eigenvalue weighted by atomic mass is 9.88. The largest absolute Gasteiger partial charge is 0.307 e. The molecule has 24 heavy (non-hydrogen) atoms. The van der Waals surface area contributed by atoms with Gasteiger partial charge in [0.1, 0.15) is 0 Å². The van der Waals surface area contributed by atoms with E-state index in [4.69, 9.17) is 0 Å². The molecule has 130 valence electrons. The van der Waals surface area contributed by atoms with Crippen LogP contribution in [0, 0.1) is 11.8 Å².